The van der Waals surface area contributed by atoms with E-state index in [-0.39, 0.29) is 5.91 Å². The second kappa shape index (κ2) is 8.32. The average Bonchev–Trinajstić information content (AvgIpc) is 3.05. The number of piperidine rings is 1. The standard InChI is InChI=1S/C19H29N3O3/c1-4-16-20-10-13-21(16)12-7-17(23)22-11-5-8-19(14-22,18(24)25)9-6-15(2)3/h6,10,13H,4-5,7-9,11-12,14H2,1-3H3,(H,24,25)/t19-/m0/s1. The van der Waals surface area contributed by atoms with Crippen LogP contribution in [0, 0.1) is 5.41 Å². The van der Waals surface area contributed by atoms with E-state index in [0.717, 1.165) is 24.2 Å². The van der Waals surface area contributed by atoms with Crippen LogP contribution in [-0.2, 0) is 22.6 Å². The topological polar surface area (TPSA) is 75.4 Å². The van der Waals surface area contributed by atoms with Gasteiger partial charge in [-0.3, -0.25) is 9.59 Å². The van der Waals surface area contributed by atoms with Crippen molar-refractivity contribution in [2.75, 3.05) is 13.1 Å². The van der Waals surface area contributed by atoms with E-state index in [4.69, 9.17) is 0 Å². The minimum atomic E-state index is -0.852. The molecule has 138 valence electrons. The number of imidazole rings is 1. The lowest BCUT2D eigenvalue weighted by Gasteiger charge is -2.39. The number of nitrogens with zero attached hydrogens (tertiary/aromatic N) is 3. The summed E-state index contributed by atoms with van der Waals surface area (Å²) in [6.07, 6.45) is 8.66. The first-order chi connectivity index (χ1) is 11.9. The molecule has 1 atom stereocenters. The Hall–Kier alpha value is -2.11. The molecule has 0 bridgehead atoms. The molecule has 1 aromatic heterocycles. The monoisotopic (exact) mass is 347 g/mol. The molecule has 1 saturated heterocycles. The predicted octanol–water partition coefficient (Wildman–Crippen LogP) is 2.89. The Morgan fingerprint density at radius 3 is 2.80 bits per heavy atom. The Bertz CT molecular complexity index is 646. The number of carboxylic acids is 1. The van der Waals surface area contributed by atoms with E-state index in [1.807, 2.05) is 37.6 Å². The summed E-state index contributed by atoms with van der Waals surface area (Å²) in [4.78, 5) is 30.5. The van der Waals surface area contributed by atoms with E-state index in [1.165, 1.54) is 0 Å². The molecule has 0 unspecified atom stereocenters. The highest BCUT2D eigenvalue weighted by atomic mass is 16.4. The van der Waals surface area contributed by atoms with Gasteiger partial charge in [0.05, 0.1) is 5.41 Å². The smallest absolute Gasteiger partial charge is 0.311 e. The van der Waals surface area contributed by atoms with Gasteiger partial charge in [-0.1, -0.05) is 18.6 Å². The van der Waals surface area contributed by atoms with Crippen molar-refractivity contribution in [1.29, 1.82) is 0 Å². The lowest BCUT2D eigenvalue weighted by Crippen LogP contribution is -2.49. The third-order valence-electron chi connectivity index (χ3n) is 4.97. The number of aliphatic carboxylic acids is 1. The van der Waals surface area contributed by atoms with Crippen LogP contribution in [0.3, 0.4) is 0 Å². The molecule has 0 saturated carbocycles. The number of aromatic nitrogens is 2. The first-order valence-corrected chi connectivity index (χ1v) is 9.02. The molecule has 1 fully saturated rings. The van der Waals surface area contributed by atoms with Crippen LogP contribution in [0.15, 0.2) is 24.0 Å². The van der Waals surface area contributed by atoms with Gasteiger partial charge in [-0.2, -0.15) is 0 Å². The summed E-state index contributed by atoms with van der Waals surface area (Å²) in [6, 6.07) is 0. The van der Waals surface area contributed by atoms with Crippen molar-refractivity contribution in [2.45, 2.75) is 59.4 Å². The van der Waals surface area contributed by atoms with Gasteiger partial charge in [-0.05, 0) is 33.1 Å². The van der Waals surface area contributed by atoms with Crippen LogP contribution in [0.25, 0.3) is 0 Å². The van der Waals surface area contributed by atoms with Crippen LogP contribution in [0.1, 0.15) is 52.3 Å². The highest BCUT2D eigenvalue weighted by Gasteiger charge is 2.42. The second-order valence-electron chi connectivity index (χ2n) is 7.13. The van der Waals surface area contributed by atoms with Gasteiger partial charge in [0.15, 0.2) is 0 Å². The zero-order valence-corrected chi connectivity index (χ0v) is 15.5. The first kappa shape index (κ1) is 19.2. The summed E-state index contributed by atoms with van der Waals surface area (Å²) in [5, 5.41) is 9.77. The van der Waals surface area contributed by atoms with Crippen molar-refractivity contribution < 1.29 is 14.7 Å². The molecular weight excluding hydrogens is 318 g/mol. The van der Waals surface area contributed by atoms with Crippen molar-refractivity contribution in [1.82, 2.24) is 14.5 Å². The molecular formula is C19H29N3O3. The van der Waals surface area contributed by atoms with E-state index in [0.29, 0.717) is 38.9 Å². The first-order valence-electron chi connectivity index (χ1n) is 9.02. The molecule has 1 amide bonds. The van der Waals surface area contributed by atoms with Crippen molar-refractivity contribution in [3.8, 4) is 0 Å². The molecule has 0 radical (unpaired) electrons. The van der Waals surface area contributed by atoms with Gasteiger partial charge in [0.2, 0.25) is 5.91 Å². The summed E-state index contributed by atoms with van der Waals surface area (Å²) in [6.45, 7) is 7.51. The van der Waals surface area contributed by atoms with Crippen molar-refractivity contribution in [2.24, 2.45) is 5.41 Å². The Morgan fingerprint density at radius 2 is 2.16 bits per heavy atom. The number of likely N-dealkylation sites (tertiary alicyclic amines) is 1. The summed E-state index contributed by atoms with van der Waals surface area (Å²) in [5.41, 5.74) is 0.255. The number of rotatable bonds is 7. The number of amides is 1. The highest BCUT2D eigenvalue weighted by molar-refractivity contribution is 5.80. The molecule has 25 heavy (non-hydrogen) atoms. The molecule has 0 aliphatic carbocycles. The Kier molecular flexibility index (Phi) is 6.39. The van der Waals surface area contributed by atoms with Gasteiger partial charge in [0, 0.05) is 44.9 Å². The molecule has 6 heteroatoms. The summed E-state index contributed by atoms with van der Waals surface area (Å²) >= 11 is 0. The molecule has 2 heterocycles. The van der Waals surface area contributed by atoms with Gasteiger partial charge >= 0.3 is 5.97 Å². The highest BCUT2D eigenvalue weighted by Crippen LogP contribution is 2.35. The predicted molar refractivity (Wildman–Crippen MR) is 96.2 cm³/mol. The summed E-state index contributed by atoms with van der Waals surface area (Å²) in [5.74, 6) is 0.193. The third kappa shape index (κ3) is 4.71. The van der Waals surface area contributed by atoms with E-state index in [2.05, 4.69) is 4.98 Å². The lowest BCUT2D eigenvalue weighted by molar-refractivity contribution is -0.154. The summed E-state index contributed by atoms with van der Waals surface area (Å²) in [7, 11) is 0. The van der Waals surface area contributed by atoms with Crippen molar-refractivity contribution in [3.63, 3.8) is 0 Å². The maximum absolute atomic E-state index is 12.6. The lowest BCUT2D eigenvalue weighted by atomic mass is 9.76. The minimum absolute atomic E-state index is 0.0262. The molecule has 0 aromatic carbocycles. The normalized spacial score (nSPS) is 20.4. The second-order valence-corrected chi connectivity index (χ2v) is 7.13. The Labute approximate surface area is 149 Å². The molecule has 1 aromatic rings. The number of carboxylic acid groups (broad SMARTS) is 1. The molecule has 1 aliphatic rings. The molecule has 0 spiro atoms. The van der Waals surface area contributed by atoms with E-state index in [9.17, 15) is 14.7 Å². The number of carbonyl (C=O) groups is 2. The van der Waals surface area contributed by atoms with Crippen molar-refractivity contribution >= 4 is 11.9 Å². The van der Waals surface area contributed by atoms with Crippen LogP contribution < -0.4 is 0 Å². The van der Waals surface area contributed by atoms with Gasteiger partial charge in [0.1, 0.15) is 5.82 Å². The van der Waals surface area contributed by atoms with Crippen LogP contribution in [0.2, 0.25) is 0 Å². The van der Waals surface area contributed by atoms with Gasteiger partial charge < -0.3 is 14.6 Å². The fourth-order valence-corrected chi connectivity index (χ4v) is 3.40. The fourth-order valence-electron chi connectivity index (χ4n) is 3.40. The third-order valence-corrected chi connectivity index (χ3v) is 4.97. The SMILES string of the molecule is CCc1nccn1CCC(=O)N1CCC[C@@](CC=C(C)C)(C(=O)O)C1. The van der Waals surface area contributed by atoms with E-state index in [1.54, 1.807) is 11.1 Å². The van der Waals surface area contributed by atoms with Gasteiger partial charge in [-0.25, -0.2) is 4.98 Å². The molecule has 6 nitrogen and oxygen atoms in total. The maximum atomic E-state index is 12.6. The fraction of sp³-hybridized carbons (Fsp3) is 0.632. The minimum Gasteiger partial charge on any atom is -0.481 e. The van der Waals surface area contributed by atoms with Gasteiger partial charge in [0.25, 0.3) is 0 Å². The number of hydrogen-bond donors (Lipinski definition) is 1. The number of allylic oxidation sites excluding steroid dienone is 2. The molecule has 2 rings (SSSR count). The Balaban J connectivity index is 2.02. The number of hydrogen-bond acceptors (Lipinski definition) is 3. The Morgan fingerprint density at radius 1 is 1.40 bits per heavy atom. The maximum Gasteiger partial charge on any atom is 0.311 e. The van der Waals surface area contributed by atoms with Crippen LogP contribution >= 0.6 is 0 Å². The number of carbonyl (C=O) groups excluding carboxylic acids is 1. The molecule has 1 aliphatic heterocycles. The van der Waals surface area contributed by atoms with Crippen LogP contribution in [0.4, 0.5) is 0 Å². The quantitative estimate of drug-likeness (QED) is 0.770. The van der Waals surface area contributed by atoms with Crippen LogP contribution in [-0.4, -0.2) is 44.5 Å². The average molecular weight is 347 g/mol. The van der Waals surface area contributed by atoms with Crippen molar-refractivity contribution in [3.05, 3.63) is 29.9 Å². The summed E-state index contributed by atoms with van der Waals surface area (Å²) < 4.78 is 2.00. The van der Waals surface area contributed by atoms with E-state index >= 15 is 0 Å². The van der Waals surface area contributed by atoms with Gasteiger partial charge in [-0.15, -0.1) is 0 Å². The largest absolute Gasteiger partial charge is 0.481 e. The zero-order valence-electron chi connectivity index (χ0n) is 15.5. The number of aryl methyl sites for hydroxylation is 2. The van der Waals surface area contributed by atoms with Crippen LogP contribution in [0.5, 0.6) is 0 Å². The van der Waals surface area contributed by atoms with E-state index < -0.39 is 11.4 Å². The zero-order chi connectivity index (χ0) is 18.4. The molecule has 1 N–H and O–H groups in total.